The Balaban J connectivity index is 2.21. The highest BCUT2D eigenvalue weighted by Crippen LogP contribution is 2.14. The van der Waals surface area contributed by atoms with Crippen LogP contribution in [0.1, 0.15) is 27.8 Å². The second-order valence-electron chi connectivity index (χ2n) is 4.36. The van der Waals surface area contributed by atoms with Crippen molar-refractivity contribution in [1.82, 2.24) is 4.57 Å². The predicted octanol–water partition coefficient (Wildman–Crippen LogP) is 2.06. The van der Waals surface area contributed by atoms with Crippen molar-refractivity contribution in [2.24, 2.45) is 7.05 Å². The molecule has 0 saturated carbocycles. The van der Waals surface area contributed by atoms with Crippen LogP contribution in [0.3, 0.4) is 0 Å². The molecule has 2 aromatic rings. The van der Waals surface area contributed by atoms with Crippen molar-refractivity contribution in [2.75, 3.05) is 11.1 Å². The summed E-state index contributed by atoms with van der Waals surface area (Å²) in [7, 11) is 1.75. The molecule has 2 rings (SSSR count). The number of hydrogen-bond acceptors (Lipinski definition) is 3. The number of aromatic nitrogens is 1. The van der Waals surface area contributed by atoms with Crippen molar-refractivity contribution >= 4 is 23.1 Å². The van der Waals surface area contributed by atoms with E-state index in [-0.39, 0.29) is 11.7 Å². The number of anilines is 2. The van der Waals surface area contributed by atoms with Crippen molar-refractivity contribution in [2.45, 2.75) is 6.92 Å². The maximum atomic E-state index is 12.1. The van der Waals surface area contributed by atoms with Crippen LogP contribution >= 0.6 is 0 Å². The molecular weight excluding hydrogens is 242 g/mol. The molecule has 0 spiro atoms. The summed E-state index contributed by atoms with van der Waals surface area (Å²) in [5.74, 6) is -0.306. The van der Waals surface area contributed by atoms with Gasteiger partial charge in [-0.1, -0.05) is 12.1 Å². The molecule has 1 aromatic carbocycles. The van der Waals surface area contributed by atoms with Gasteiger partial charge in [-0.3, -0.25) is 9.59 Å². The molecule has 19 heavy (non-hydrogen) atoms. The van der Waals surface area contributed by atoms with Gasteiger partial charge in [-0.25, -0.2) is 0 Å². The molecule has 0 radical (unpaired) electrons. The molecule has 0 bridgehead atoms. The third-order valence-corrected chi connectivity index (χ3v) is 2.79. The Labute approximate surface area is 111 Å². The van der Waals surface area contributed by atoms with Gasteiger partial charge in [-0.2, -0.15) is 0 Å². The number of amides is 1. The maximum absolute atomic E-state index is 12.1. The lowest BCUT2D eigenvalue weighted by Crippen LogP contribution is -2.15. The summed E-state index contributed by atoms with van der Waals surface area (Å²) in [5, 5.41) is 2.74. The predicted molar refractivity (Wildman–Crippen MR) is 74.2 cm³/mol. The van der Waals surface area contributed by atoms with Crippen molar-refractivity contribution in [3.8, 4) is 0 Å². The molecule has 1 heterocycles. The van der Waals surface area contributed by atoms with E-state index in [0.717, 1.165) is 0 Å². The molecule has 1 amide bonds. The first-order valence-corrected chi connectivity index (χ1v) is 5.81. The van der Waals surface area contributed by atoms with Gasteiger partial charge in [0.25, 0.3) is 5.91 Å². The fraction of sp³-hybridized carbons (Fsp3) is 0.143. The Morgan fingerprint density at radius 2 is 2.00 bits per heavy atom. The van der Waals surface area contributed by atoms with E-state index in [1.54, 1.807) is 48.1 Å². The molecule has 3 N–H and O–H groups in total. The van der Waals surface area contributed by atoms with Gasteiger partial charge in [-0.15, -0.1) is 0 Å². The van der Waals surface area contributed by atoms with Gasteiger partial charge in [-0.05, 0) is 25.1 Å². The molecule has 5 nitrogen and oxygen atoms in total. The van der Waals surface area contributed by atoms with Gasteiger partial charge in [0.05, 0.1) is 5.69 Å². The largest absolute Gasteiger partial charge is 0.397 e. The normalized spacial score (nSPS) is 10.2. The number of aryl methyl sites for hydroxylation is 1. The highest BCUT2D eigenvalue weighted by atomic mass is 16.2. The number of nitrogen functional groups attached to an aromatic ring is 1. The third-order valence-electron chi connectivity index (χ3n) is 2.79. The number of hydrogen-bond donors (Lipinski definition) is 2. The topological polar surface area (TPSA) is 77.1 Å². The number of carbonyl (C=O) groups is 2. The summed E-state index contributed by atoms with van der Waals surface area (Å²) >= 11 is 0. The monoisotopic (exact) mass is 257 g/mol. The Hall–Kier alpha value is -2.56. The van der Waals surface area contributed by atoms with Crippen molar-refractivity contribution in [3.63, 3.8) is 0 Å². The molecule has 0 fully saturated rings. The number of rotatable bonds is 3. The number of benzene rings is 1. The first kappa shape index (κ1) is 12.9. The van der Waals surface area contributed by atoms with Crippen LogP contribution < -0.4 is 11.1 Å². The fourth-order valence-corrected chi connectivity index (χ4v) is 1.83. The van der Waals surface area contributed by atoms with E-state index in [1.165, 1.54) is 6.92 Å². The highest BCUT2D eigenvalue weighted by molar-refractivity contribution is 6.04. The summed E-state index contributed by atoms with van der Waals surface area (Å²) in [5.41, 5.74) is 7.77. The molecule has 98 valence electrons. The van der Waals surface area contributed by atoms with Gasteiger partial charge in [0.1, 0.15) is 5.69 Å². The van der Waals surface area contributed by atoms with E-state index in [1.807, 2.05) is 0 Å². The van der Waals surface area contributed by atoms with Crippen LogP contribution in [0.5, 0.6) is 0 Å². The van der Waals surface area contributed by atoms with Gasteiger partial charge in [0.2, 0.25) is 0 Å². The van der Waals surface area contributed by atoms with Gasteiger partial charge < -0.3 is 15.6 Å². The quantitative estimate of drug-likeness (QED) is 0.826. The van der Waals surface area contributed by atoms with Crippen molar-refractivity contribution in [3.05, 3.63) is 47.8 Å². The minimum atomic E-state index is -0.264. The minimum Gasteiger partial charge on any atom is -0.397 e. The number of Topliss-reactive ketones (excluding diaryl/α,β-unsaturated/α-hetero) is 1. The molecule has 0 aliphatic heterocycles. The van der Waals surface area contributed by atoms with E-state index in [4.69, 9.17) is 5.73 Å². The van der Waals surface area contributed by atoms with Gasteiger partial charge >= 0.3 is 0 Å². The summed E-state index contributed by atoms with van der Waals surface area (Å²) in [4.78, 5) is 23.3. The number of nitrogens with two attached hydrogens (primary N) is 1. The zero-order valence-electron chi connectivity index (χ0n) is 10.8. The van der Waals surface area contributed by atoms with Crippen molar-refractivity contribution in [1.29, 1.82) is 0 Å². The van der Waals surface area contributed by atoms with E-state index in [0.29, 0.717) is 22.6 Å². The highest BCUT2D eigenvalue weighted by Gasteiger charge is 2.11. The lowest BCUT2D eigenvalue weighted by atomic mass is 10.1. The molecule has 5 heteroatoms. The van der Waals surface area contributed by atoms with E-state index in [2.05, 4.69) is 5.32 Å². The average Bonchev–Trinajstić information content (AvgIpc) is 2.69. The van der Waals surface area contributed by atoms with Crippen LogP contribution in [0.25, 0.3) is 0 Å². The van der Waals surface area contributed by atoms with Crippen LogP contribution in [0.15, 0.2) is 36.5 Å². The lowest BCUT2D eigenvalue weighted by Gasteiger charge is -2.07. The van der Waals surface area contributed by atoms with Crippen molar-refractivity contribution < 1.29 is 9.59 Å². The molecule has 1 aromatic heterocycles. The lowest BCUT2D eigenvalue weighted by molar-refractivity contribution is 0.100. The Morgan fingerprint density at radius 1 is 1.26 bits per heavy atom. The SMILES string of the molecule is CC(=O)c1cccc(NC(=O)c2cc(N)cn2C)c1. The summed E-state index contributed by atoms with van der Waals surface area (Å²) in [6.07, 6.45) is 1.67. The van der Waals surface area contributed by atoms with E-state index < -0.39 is 0 Å². The van der Waals surface area contributed by atoms with Crippen LogP contribution in [0.2, 0.25) is 0 Å². The summed E-state index contributed by atoms with van der Waals surface area (Å²) in [6.45, 7) is 1.48. The standard InChI is InChI=1S/C14H15N3O2/c1-9(18)10-4-3-5-12(6-10)16-14(19)13-7-11(15)8-17(13)2/h3-8H,15H2,1-2H3,(H,16,19). The molecule has 0 aliphatic carbocycles. The average molecular weight is 257 g/mol. The molecule has 0 unspecified atom stereocenters. The van der Waals surface area contributed by atoms with Crippen LogP contribution in [-0.2, 0) is 7.05 Å². The van der Waals surface area contributed by atoms with E-state index in [9.17, 15) is 9.59 Å². The summed E-state index contributed by atoms with van der Waals surface area (Å²) in [6, 6.07) is 8.41. The Kier molecular flexibility index (Phi) is 3.37. The minimum absolute atomic E-state index is 0.0424. The first-order valence-electron chi connectivity index (χ1n) is 5.81. The second kappa shape index (κ2) is 4.97. The number of nitrogens with one attached hydrogen (secondary N) is 1. The van der Waals surface area contributed by atoms with E-state index >= 15 is 0 Å². The number of carbonyl (C=O) groups excluding carboxylic acids is 2. The van der Waals surface area contributed by atoms with Crippen LogP contribution in [0.4, 0.5) is 11.4 Å². The molecule has 0 atom stereocenters. The number of nitrogens with zero attached hydrogens (tertiary/aromatic N) is 1. The summed E-state index contributed by atoms with van der Waals surface area (Å²) < 4.78 is 1.65. The first-order chi connectivity index (χ1) is 8.97. The third kappa shape index (κ3) is 2.82. The van der Waals surface area contributed by atoms with Crippen LogP contribution in [0, 0.1) is 0 Å². The Morgan fingerprint density at radius 3 is 2.58 bits per heavy atom. The maximum Gasteiger partial charge on any atom is 0.272 e. The molecular formula is C14H15N3O2. The van der Waals surface area contributed by atoms with Gasteiger partial charge in [0, 0.05) is 24.5 Å². The zero-order valence-corrected chi connectivity index (χ0v) is 10.8. The fourth-order valence-electron chi connectivity index (χ4n) is 1.83. The smallest absolute Gasteiger partial charge is 0.272 e. The molecule has 0 aliphatic rings. The number of ketones is 1. The second-order valence-corrected chi connectivity index (χ2v) is 4.36. The Bertz CT molecular complexity index is 644. The zero-order chi connectivity index (χ0) is 14.0. The van der Waals surface area contributed by atoms with Gasteiger partial charge in [0.15, 0.2) is 5.78 Å². The molecule has 0 saturated heterocycles. The van der Waals surface area contributed by atoms with Crippen LogP contribution in [-0.4, -0.2) is 16.3 Å².